The van der Waals surface area contributed by atoms with Gasteiger partial charge in [-0.05, 0) is 25.7 Å². The molecule has 1 aliphatic rings. The van der Waals surface area contributed by atoms with Crippen LogP contribution in [0.3, 0.4) is 0 Å². The summed E-state index contributed by atoms with van der Waals surface area (Å²) >= 11 is 0. The largest absolute Gasteiger partial charge is 0.287 e. The first-order valence-corrected chi connectivity index (χ1v) is 5.93. The molecule has 14 heavy (non-hydrogen) atoms. The summed E-state index contributed by atoms with van der Waals surface area (Å²) in [6.45, 7) is 2.15. The van der Waals surface area contributed by atoms with E-state index in [1.165, 1.54) is 32.1 Å². The number of nitrogens with one attached hydrogen (secondary N) is 1. The molecule has 1 aliphatic carbocycles. The van der Waals surface area contributed by atoms with E-state index < -0.39 is 0 Å². The van der Waals surface area contributed by atoms with Gasteiger partial charge in [0.25, 0.3) is 0 Å². The highest BCUT2D eigenvalue weighted by molar-refractivity contribution is 4.73. The minimum absolute atomic E-state index is 0.155. The fraction of sp³-hybridized carbons (Fsp3) is 1.00. The Kier molecular flexibility index (Phi) is 6.15. The van der Waals surface area contributed by atoms with Gasteiger partial charge < -0.3 is 0 Å². The first-order valence-electron chi connectivity index (χ1n) is 5.93. The second-order valence-electron chi connectivity index (χ2n) is 4.24. The number of hydrogen-bond acceptors (Lipinski definition) is 3. The molecule has 3 nitrogen and oxygen atoms in total. The number of hydrogen-bond donors (Lipinski definition) is 2. The molecule has 0 amide bonds. The summed E-state index contributed by atoms with van der Waals surface area (Å²) in [6, 6.07) is 0.553. The van der Waals surface area contributed by atoms with E-state index in [0.29, 0.717) is 6.04 Å². The molecule has 3 heteroatoms. The van der Waals surface area contributed by atoms with E-state index in [1.807, 2.05) is 0 Å². The van der Waals surface area contributed by atoms with E-state index in [1.54, 1.807) is 0 Å². The molecule has 84 valence electrons. The molecule has 1 atom stereocenters. The van der Waals surface area contributed by atoms with Gasteiger partial charge in [-0.25, -0.2) is 4.89 Å². The Balaban J connectivity index is 2.16. The molecule has 0 heterocycles. The van der Waals surface area contributed by atoms with Crippen LogP contribution in [0.15, 0.2) is 0 Å². The third kappa shape index (κ3) is 4.40. The second-order valence-corrected chi connectivity index (χ2v) is 4.24. The minimum atomic E-state index is -0.155. The van der Waals surface area contributed by atoms with Gasteiger partial charge >= 0.3 is 0 Å². The van der Waals surface area contributed by atoms with Crippen molar-refractivity contribution in [3.8, 4) is 0 Å². The molecule has 1 rings (SSSR count). The lowest BCUT2D eigenvalue weighted by Gasteiger charge is -2.26. The van der Waals surface area contributed by atoms with E-state index in [0.717, 1.165) is 19.3 Å². The maximum atomic E-state index is 8.72. The Bertz CT molecular complexity index is 135. The van der Waals surface area contributed by atoms with Crippen LogP contribution in [0.4, 0.5) is 0 Å². The molecule has 1 fully saturated rings. The van der Waals surface area contributed by atoms with Crippen molar-refractivity contribution in [3.05, 3.63) is 0 Å². The van der Waals surface area contributed by atoms with Crippen LogP contribution >= 0.6 is 0 Å². The molecule has 0 aromatic carbocycles. The van der Waals surface area contributed by atoms with Gasteiger partial charge in [0.15, 0.2) is 0 Å². The highest BCUT2D eigenvalue weighted by Crippen LogP contribution is 2.18. The van der Waals surface area contributed by atoms with Crippen LogP contribution in [0.25, 0.3) is 0 Å². The molecule has 2 N–H and O–H groups in total. The van der Waals surface area contributed by atoms with Gasteiger partial charge in [-0.15, -0.1) is 0 Å². The summed E-state index contributed by atoms with van der Waals surface area (Å²) in [5, 5.41) is 12.1. The normalized spacial score (nSPS) is 21.0. The van der Waals surface area contributed by atoms with Crippen molar-refractivity contribution >= 4 is 0 Å². The summed E-state index contributed by atoms with van der Waals surface area (Å²) < 4.78 is 0. The fourth-order valence-electron chi connectivity index (χ4n) is 2.09. The molecular weight excluding hydrogens is 178 g/mol. The lowest BCUT2D eigenvalue weighted by atomic mass is 9.95. The highest BCUT2D eigenvalue weighted by atomic mass is 17.1. The standard InChI is InChI=1S/C11H23NO2/c1-2-3-9-11(14-13)12-10-7-5-4-6-8-10/h10-13H,2-9H2,1H3. The smallest absolute Gasteiger partial charge is 0.143 e. The average Bonchev–Trinajstić information content (AvgIpc) is 2.25. The molecule has 0 radical (unpaired) electrons. The van der Waals surface area contributed by atoms with Gasteiger partial charge in [-0.2, -0.15) is 0 Å². The molecular formula is C11H23NO2. The third-order valence-corrected chi connectivity index (χ3v) is 2.97. The molecule has 0 aromatic rings. The highest BCUT2D eigenvalue weighted by Gasteiger charge is 2.17. The van der Waals surface area contributed by atoms with Crippen LogP contribution in [-0.2, 0) is 4.89 Å². The van der Waals surface area contributed by atoms with Crippen molar-refractivity contribution in [2.45, 2.75) is 70.6 Å². The maximum Gasteiger partial charge on any atom is 0.143 e. The quantitative estimate of drug-likeness (QED) is 0.394. The molecule has 1 unspecified atom stereocenters. The summed E-state index contributed by atoms with van der Waals surface area (Å²) in [5.74, 6) is 0. The Labute approximate surface area is 86.8 Å². The molecule has 0 saturated heterocycles. The lowest BCUT2D eigenvalue weighted by molar-refractivity contribution is -0.289. The monoisotopic (exact) mass is 201 g/mol. The summed E-state index contributed by atoms with van der Waals surface area (Å²) in [5.41, 5.74) is 0. The molecule has 0 bridgehead atoms. The van der Waals surface area contributed by atoms with Crippen molar-refractivity contribution in [2.75, 3.05) is 0 Å². The van der Waals surface area contributed by atoms with Gasteiger partial charge in [0.2, 0.25) is 0 Å². The van der Waals surface area contributed by atoms with Crippen molar-refractivity contribution in [3.63, 3.8) is 0 Å². The van der Waals surface area contributed by atoms with Crippen LogP contribution in [0, 0.1) is 0 Å². The van der Waals surface area contributed by atoms with Crippen LogP contribution in [0.2, 0.25) is 0 Å². The number of rotatable bonds is 6. The predicted molar refractivity (Wildman–Crippen MR) is 57.0 cm³/mol. The van der Waals surface area contributed by atoms with Crippen molar-refractivity contribution < 1.29 is 10.1 Å². The van der Waals surface area contributed by atoms with Gasteiger partial charge in [0.1, 0.15) is 6.23 Å². The van der Waals surface area contributed by atoms with E-state index in [2.05, 4.69) is 17.1 Å². The SMILES string of the molecule is CCCCC(NC1CCCCC1)OO. The molecule has 0 aromatic heterocycles. The van der Waals surface area contributed by atoms with Crippen molar-refractivity contribution in [2.24, 2.45) is 0 Å². The zero-order valence-corrected chi connectivity index (χ0v) is 9.17. The topological polar surface area (TPSA) is 41.5 Å². The van der Waals surface area contributed by atoms with Crippen molar-refractivity contribution in [1.29, 1.82) is 0 Å². The first-order chi connectivity index (χ1) is 6.86. The predicted octanol–water partition coefficient (Wildman–Crippen LogP) is 2.91. The average molecular weight is 201 g/mol. The molecule has 0 aliphatic heterocycles. The molecule has 0 spiro atoms. The van der Waals surface area contributed by atoms with E-state index in [-0.39, 0.29) is 6.23 Å². The molecule has 1 saturated carbocycles. The fourth-order valence-corrected chi connectivity index (χ4v) is 2.09. The Morgan fingerprint density at radius 2 is 2.07 bits per heavy atom. The van der Waals surface area contributed by atoms with Crippen molar-refractivity contribution in [1.82, 2.24) is 5.32 Å². The zero-order chi connectivity index (χ0) is 10.2. The first kappa shape index (κ1) is 12.0. The Morgan fingerprint density at radius 1 is 1.36 bits per heavy atom. The number of unbranched alkanes of at least 4 members (excludes halogenated alkanes) is 1. The van der Waals surface area contributed by atoms with Crippen LogP contribution in [0.5, 0.6) is 0 Å². The Hall–Kier alpha value is -0.120. The van der Waals surface area contributed by atoms with E-state index >= 15 is 0 Å². The van der Waals surface area contributed by atoms with E-state index in [9.17, 15) is 0 Å². The minimum Gasteiger partial charge on any atom is -0.287 e. The van der Waals surface area contributed by atoms with Gasteiger partial charge in [0, 0.05) is 6.04 Å². The lowest BCUT2D eigenvalue weighted by Crippen LogP contribution is -2.40. The van der Waals surface area contributed by atoms with Gasteiger partial charge in [-0.1, -0.05) is 32.6 Å². The zero-order valence-electron chi connectivity index (χ0n) is 9.17. The second kappa shape index (κ2) is 7.21. The van der Waals surface area contributed by atoms with Crippen LogP contribution in [0.1, 0.15) is 58.3 Å². The Morgan fingerprint density at radius 3 is 2.64 bits per heavy atom. The third-order valence-electron chi connectivity index (χ3n) is 2.97. The van der Waals surface area contributed by atoms with Gasteiger partial charge in [0.05, 0.1) is 0 Å². The van der Waals surface area contributed by atoms with Crippen LogP contribution < -0.4 is 5.32 Å². The van der Waals surface area contributed by atoms with Gasteiger partial charge in [-0.3, -0.25) is 10.6 Å². The summed E-state index contributed by atoms with van der Waals surface area (Å²) in [7, 11) is 0. The summed E-state index contributed by atoms with van der Waals surface area (Å²) in [4.78, 5) is 4.44. The van der Waals surface area contributed by atoms with Crippen LogP contribution in [-0.4, -0.2) is 17.5 Å². The van der Waals surface area contributed by atoms with E-state index in [4.69, 9.17) is 5.26 Å². The maximum absolute atomic E-state index is 8.72. The summed E-state index contributed by atoms with van der Waals surface area (Å²) in [6.07, 6.45) is 9.43.